The van der Waals surface area contributed by atoms with E-state index in [1.807, 2.05) is 12.3 Å². The smallest absolute Gasteiger partial charge is 0.0547 e. The fourth-order valence-corrected chi connectivity index (χ4v) is 2.03. The van der Waals surface area contributed by atoms with E-state index in [2.05, 4.69) is 38.0 Å². The zero-order valence-corrected chi connectivity index (χ0v) is 10.7. The molecule has 0 atom stereocenters. The third kappa shape index (κ3) is 3.72. The molecule has 0 aliphatic heterocycles. The largest absolute Gasteiger partial charge is 0.397 e. The maximum absolute atomic E-state index is 5.68. The van der Waals surface area contributed by atoms with E-state index in [9.17, 15) is 0 Å². The molecule has 16 heavy (non-hydrogen) atoms. The molecule has 0 saturated heterocycles. The Bertz CT molecular complexity index is 313. The SMILES string of the molecule is CC(C)C(CNc1cncc(N)c1)C(C)C. The van der Waals surface area contributed by atoms with Crippen LogP contribution in [0.15, 0.2) is 18.5 Å². The van der Waals surface area contributed by atoms with Crippen molar-refractivity contribution in [2.24, 2.45) is 17.8 Å². The van der Waals surface area contributed by atoms with Crippen LogP contribution < -0.4 is 11.1 Å². The van der Waals surface area contributed by atoms with Gasteiger partial charge in [0.1, 0.15) is 0 Å². The molecule has 1 aromatic heterocycles. The maximum atomic E-state index is 5.68. The molecule has 0 unspecified atom stereocenters. The summed E-state index contributed by atoms with van der Waals surface area (Å²) >= 11 is 0. The van der Waals surface area contributed by atoms with Gasteiger partial charge in [0.15, 0.2) is 0 Å². The van der Waals surface area contributed by atoms with E-state index >= 15 is 0 Å². The lowest BCUT2D eigenvalue weighted by atomic mass is 9.85. The first-order chi connectivity index (χ1) is 7.50. The number of hydrogen-bond donors (Lipinski definition) is 2. The molecule has 0 aliphatic carbocycles. The lowest BCUT2D eigenvalue weighted by Gasteiger charge is -2.25. The third-order valence-electron chi connectivity index (χ3n) is 3.01. The van der Waals surface area contributed by atoms with Gasteiger partial charge in [-0.2, -0.15) is 0 Å². The summed E-state index contributed by atoms with van der Waals surface area (Å²) < 4.78 is 0. The first kappa shape index (κ1) is 12.8. The molecule has 0 saturated carbocycles. The number of aromatic nitrogens is 1. The average Bonchev–Trinajstić information content (AvgIpc) is 2.16. The fourth-order valence-electron chi connectivity index (χ4n) is 2.03. The second-order valence-electron chi connectivity index (χ2n) is 5.04. The lowest BCUT2D eigenvalue weighted by Crippen LogP contribution is -2.24. The molecule has 3 heteroatoms. The van der Waals surface area contributed by atoms with Crippen molar-refractivity contribution in [1.29, 1.82) is 0 Å². The Morgan fingerprint density at radius 1 is 1.19 bits per heavy atom. The van der Waals surface area contributed by atoms with Gasteiger partial charge in [-0.1, -0.05) is 27.7 Å². The Morgan fingerprint density at radius 2 is 1.81 bits per heavy atom. The van der Waals surface area contributed by atoms with E-state index in [1.165, 1.54) is 0 Å². The highest BCUT2D eigenvalue weighted by molar-refractivity contribution is 5.51. The summed E-state index contributed by atoms with van der Waals surface area (Å²) in [6.07, 6.45) is 3.47. The molecule has 0 aromatic carbocycles. The maximum Gasteiger partial charge on any atom is 0.0547 e. The molecule has 90 valence electrons. The predicted molar refractivity (Wildman–Crippen MR) is 70.3 cm³/mol. The molecule has 0 fully saturated rings. The number of nitrogens with one attached hydrogen (secondary N) is 1. The van der Waals surface area contributed by atoms with Crippen LogP contribution in [0.3, 0.4) is 0 Å². The van der Waals surface area contributed by atoms with Gasteiger partial charge in [-0.25, -0.2) is 0 Å². The van der Waals surface area contributed by atoms with Crippen molar-refractivity contribution in [3.05, 3.63) is 18.5 Å². The number of nitrogens with zero attached hydrogens (tertiary/aromatic N) is 1. The molecule has 1 aromatic rings. The standard InChI is InChI=1S/C13H23N3/c1-9(2)13(10(3)4)8-16-12-5-11(14)6-15-7-12/h5-7,9-10,13,16H,8,14H2,1-4H3. The summed E-state index contributed by atoms with van der Waals surface area (Å²) in [5.74, 6) is 2.03. The molecule has 0 spiro atoms. The molecule has 0 amide bonds. The normalized spacial score (nSPS) is 11.4. The van der Waals surface area contributed by atoms with Crippen LogP contribution in [0.1, 0.15) is 27.7 Å². The number of rotatable bonds is 5. The Balaban J connectivity index is 2.55. The highest BCUT2D eigenvalue weighted by atomic mass is 14.9. The summed E-state index contributed by atoms with van der Waals surface area (Å²) in [6, 6.07) is 1.92. The topological polar surface area (TPSA) is 50.9 Å². The summed E-state index contributed by atoms with van der Waals surface area (Å²) in [5, 5.41) is 3.41. The van der Waals surface area contributed by atoms with Crippen molar-refractivity contribution < 1.29 is 0 Å². The van der Waals surface area contributed by atoms with Gasteiger partial charge in [0.25, 0.3) is 0 Å². The first-order valence-electron chi connectivity index (χ1n) is 5.95. The molecular formula is C13H23N3. The van der Waals surface area contributed by atoms with Gasteiger partial charge in [-0.05, 0) is 23.8 Å². The number of nitrogen functional groups attached to an aromatic ring is 1. The zero-order valence-electron chi connectivity index (χ0n) is 10.7. The summed E-state index contributed by atoms with van der Waals surface area (Å²) in [5.41, 5.74) is 7.39. The van der Waals surface area contributed by atoms with E-state index in [4.69, 9.17) is 5.73 Å². The number of nitrogens with two attached hydrogens (primary N) is 1. The lowest BCUT2D eigenvalue weighted by molar-refractivity contribution is 0.304. The van der Waals surface area contributed by atoms with E-state index in [0.29, 0.717) is 23.4 Å². The zero-order chi connectivity index (χ0) is 12.1. The minimum Gasteiger partial charge on any atom is -0.397 e. The minimum atomic E-state index is 0.668. The molecule has 3 nitrogen and oxygen atoms in total. The van der Waals surface area contributed by atoms with Crippen LogP contribution >= 0.6 is 0 Å². The Morgan fingerprint density at radius 3 is 2.31 bits per heavy atom. The van der Waals surface area contributed by atoms with Gasteiger partial charge < -0.3 is 11.1 Å². The van der Waals surface area contributed by atoms with Gasteiger partial charge in [-0.3, -0.25) is 4.98 Å². The highest BCUT2D eigenvalue weighted by Crippen LogP contribution is 2.21. The summed E-state index contributed by atoms with van der Waals surface area (Å²) in [6.45, 7) is 10.0. The van der Waals surface area contributed by atoms with Crippen LogP contribution in [-0.4, -0.2) is 11.5 Å². The van der Waals surface area contributed by atoms with Gasteiger partial charge in [0, 0.05) is 12.7 Å². The average molecular weight is 221 g/mol. The Hall–Kier alpha value is -1.25. The first-order valence-corrected chi connectivity index (χ1v) is 5.95. The van der Waals surface area contributed by atoms with Gasteiger partial charge in [0.05, 0.1) is 17.6 Å². The molecule has 1 heterocycles. The van der Waals surface area contributed by atoms with Crippen LogP contribution in [0, 0.1) is 17.8 Å². The highest BCUT2D eigenvalue weighted by Gasteiger charge is 2.16. The van der Waals surface area contributed by atoms with Crippen LogP contribution in [0.5, 0.6) is 0 Å². The summed E-state index contributed by atoms with van der Waals surface area (Å²) in [4.78, 5) is 4.06. The van der Waals surface area contributed by atoms with E-state index in [-0.39, 0.29) is 0 Å². The van der Waals surface area contributed by atoms with Gasteiger partial charge in [0.2, 0.25) is 0 Å². The van der Waals surface area contributed by atoms with Crippen molar-refractivity contribution in [3.8, 4) is 0 Å². The van der Waals surface area contributed by atoms with Crippen molar-refractivity contribution in [1.82, 2.24) is 4.98 Å². The van der Waals surface area contributed by atoms with E-state index in [1.54, 1.807) is 6.20 Å². The van der Waals surface area contributed by atoms with Gasteiger partial charge >= 0.3 is 0 Å². The van der Waals surface area contributed by atoms with E-state index < -0.39 is 0 Å². The van der Waals surface area contributed by atoms with Crippen molar-refractivity contribution in [2.75, 3.05) is 17.6 Å². The molecular weight excluding hydrogens is 198 g/mol. The van der Waals surface area contributed by atoms with Crippen LogP contribution in [0.4, 0.5) is 11.4 Å². The monoisotopic (exact) mass is 221 g/mol. The number of hydrogen-bond acceptors (Lipinski definition) is 3. The second kappa shape index (κ2) is 5.73. The second-order valence-corrected chi connectivity index (χ2v) is 5.04. The Labute approximate surface area is 98.5 Å². The fraction of sp³-hybridized carbons (Fsp3) is 0.615. The minimum absolute atomic E-state index is 0.668. The number of pyridine rings is 1. The van der Waals surface area contributed by atoms with Crippen LogP contribution in [0.2, 0.25) is 0 Å². The molecule has 0 bridgehead atoms. The van der Waals surface area contributed by atoms with Crippen LogP contribution in [0.25, 0.3) is 0 Å². The van der Waals surface area contributed by atoms with E-state index in [0.717, 1.165) is 12.2 Å². The summed E-state index contributed by atoms with van der Waals surface area (Å²) in [7, 11) is 0. The molecule has 0 radical (unpaired) electrons. The molecule has 3 N–H and O–H groups in total. The number of anilines is 2. The van der Waals surface area contributed by atoms with Crippen molar-refractivity contribution >= 4 is 11.4 Å². The Kier molecular flexibility index (Phi) is 4.59. The third-order valence-corrected chi connectivity index (χ3v) is 3.01. The molecule has 1 rings (SSSR count). The quantitative estimate of drug-likeness (QED) is 0.803. The predicted octanol–water partition coefficient (Wildman–Crippen LogP) is 3.00. The van der Waals surface area contributed by atoms with Crippen molar-refractivity contribution in [3.63, 3.8) is 0 Å². The van der Waals surface area contributed by atoms with Gasteiger partial charge in [-0.15, -0.1) is 0 Å². The van der Waals surface area contributed by atoms with Crippen molar-refractivity contribution in [2.45, 2.75) is 27.7 Å². The molecule has 0 aliphatic rings. The van der Waals surface area contributed by atoms with Crippen LogP contribution in [-0.2, 0) is 0 Å².